The summed E-state index contributed by atoms with van der Waals surface area (Å²) in [7, 11) is -4.64. The van der Waals surface area contributed by atoms with Gasteiger partial charge in [-0.05, 0) is 0 Å². The van der Waals surface area contributed by atoms with E-state index in [0.717, 1.165) is 0 Å². The van der Waals surface area contributed by atoms with Gasteiger partial charge in [-0.3, -0.25) is 4.70 Å². The Labute approximate surface area is 44.7 Å². The van der Waals surface area contributed by atoms with E-state index in [1.807, 2.05) is 0 Å². The largest absolute Gasteiger partial charge is 0.466 e. The lowest BCUT2D eigenvalue weighted by atomic mass is 14.0. The second kappa shape index (κ2) is 6.96. The molecule has 0 heterocycles. The molecule has 0 rings (SSSR count). The SMILES string of the molecule is F.N.O.O=P(O)(O)O. The first kappa shape index (κ1) is 24.6. The zero-order valence-electron chi connectivity index (χ0n) is 3.81. The Balaban J connectivity index is -0.0000000267. The molecule has 0 atom stereocenters. The summed E-state index contributed by atoms with van der Waals surface area (Å²) in [6.45, 7) is 0. The second-order valence-electron chi connectivity index (χ2n) is 0.513. The molecule has 0 amide bonds. The summed E-state index contributed by atoms with van der Waals surface area (Å²) < 4.78 is 8.88. The van der Waals surface area contributed by atoms with Gasteiger partial charge in [0.15, 0.2) is 0 Å². The van der Waals surface area contributed by atoms with Gasteiger partial charge in [-0.25, -0.2) is 4.57 Å². The monoisotopic (exact) mass is 153 g/mol. The summed E-state index contributed by atoms with van der Waals surface area (Å²) in [4.78, 5) is 21.6. The van der Waals surface area contributed by atoms with Crippen molar-refractivity contribution in [3.05, 3.63) is 0 Å². The van der Waals surface area contributed by atoms with E-state index in [0.29, 0.717) is 0 Å². The van der Waals surface area contributed by atoms with Crippen LogP contribution in [-0.4, -0.2) is 20.2 Å². The van der Waals surface area contributed by atoms with Gasteiger partial charge in [0.1, 0.15) is 0 Å². The Morgan fingerprint density at radius 1 is 1.12 bits per heavy atom. The van der Waals surface area contributed by atoms with E-state index in [1.165, 1.54) is 0 Å². The highest BCUT2D eigenvalue weighted by molar-refractivity contribution is 7.45. The molecule has 0 bridgehead atoms. The first-order valence-electron chi connectivity index (χ1n) is 0.783. The van der Waals surface area contributed by atoms with E-state index in [9.17, 15) is 0 Å². The Hall–Kier alpha value is -0.0400. The van der Waals surface area contributed by atoms with Crippen LogP contribution in [0.1, 0.15) is 0 Å². The van der Waals surface area contributed by atoms with Crippen LogP contribution in [0.3, 0.4) is 0 Å². The van der Waals surface area contributed by atoms with Crippen LogP contribution in [0, 0.1) is 0 Å². The number of hydrogen-bond acceptors (Lipinski definition) is 2. The standard InChI is InChI=1S/FH.H3N.H3O4P.H2O/c;;1-5(2,3)4;/h1H;1H3;(H3,1,2,3,4);1H2. The lowest BCUT2D eigenvalue weighted by Crippen LogP contribution is -1.66. The average Bonchev–Trinajstić information content (AvgIpc) is 0.722. The van der Waals surface area contributed by atoms with Crippen LogP contribution < -0.4 is 6.15 Å². The van der Waals surface area contributed by atoms with Gasteiger partial charge in [-0.2, -0.15) is 0 Å². The molecule has 0 aromatic carbocycles. The second-order valence-corrected chi connectivity index (χ2v) is 1.54. The molecule has 0 aliphatic rings. The maximum atomic E-state index is 8.88. The Morgan fingerprint density at radius 3 is 1.12 bits per heavy atom. The van der Waals surface area contributed by atoms with Crippen molar-refractivity contribution in [2.75, 3.05) is 0 Å². The lowest BCUT2D eigenvalue weighted by molar-refractivity contribution is 0.275. The molecule has 8 heteroatoms. The van der Waals surface area contributed by atoms with Crippen molar-refractivity contribution >= 4 is 7.82 Å². The number of halogens is 1. The molecule has 0 aromatic rings. The molecule has 0 unspecified atom stereocenters. The van der Waals surface area contributed by atoms with Crippen molar-refractivity contribution in [2.24, 2.45) is 0 Å². The molecule has 0 fully saturated rings. The van der Waals surface area contributed by atoms with Crippen LogP contribution in [0.5, 0.6) is 0 Å². The Bertz CT molecular complexity index is 58.6. The van der Waals surface area contributed by atoms with Gasteiger partial charge in [0.25, 0.3) is 0 Å². The van der Waals surface area contributed by atoms with Crippen molar-refractivity contribution in [3.8, 4) is 0 Å². The van der Waals surface area contributed by atoms with E-state index < -0.39 is 7.82 Å². The predicted octanol–water partition coefficient (Wildman–Crippen LogP) is -1.44. The maximum absolute atomic E-state index is 8.88. The summed E-state index contributed by atoms with van der Waals surface area (Å²) >= 11 is 0. The third-order valence-electron chi connectivity index (χ3n) is 0. The van der Waals surface area contributed by atoms with Crippen molar-refractivity contribution in [2.45, 2.75) is 0 Å². The molecule has 6 nitrogen and oxygen atoms in total. The van der Waals surface area contributed by atoms with E-state index in [4.69, 9.17) is 19.2 Å². The molecule has 0 saturated carbocycles. The highest BCUT2D eigenvalue weighted by Crippen LogP contribution is 2.25. The first-order chi connectivity index (χ1) is 2.00. The quantitative estimate of drug-likeness (QED) is 0.315. The van der Waals surface area contributed by atoms with Crippen LogP contribution in [0.4, 0.5) is 4.70 Å². The molecule has 8 N–H and O–H groups in total. The third-order valence-corrected chi connectivity index (χ3v) is 0. The summed E-state index contributed by atoms with van der Waals surface area (Å²) in [5.74, 6) is 0. The van der Waals surface area contributed by atoms with Crippen LogP contribution in [-0.2, 0) is 4.57 Å². The molecule has 0 saturated heterocycles. The normalized spacial score (nSPS) is 7.38. The van der Waals surface area contributed by atoms with Crippen LogP contribution in [0.15, 0.2) is 0 Å². The lowest BCUT2D eigenvalue weighted by Gasteiger charge is -1.82. The predicted molar refractivity (Wildman–Crippen MR) is 25.4 cm³/mol. The highest BCUT2D eigenvalue weighted by atomic mass is 31.2. The molecule has 0 aromatic heterocycles. The summed E-state index contributed by atoms with van der Waals surface area (Å²) in [6.07, 6.45) is 0. The molecule has 56 valence electrons. The topological polar surface area (TPSA) is 144 Å². The Kier molecular flexibility index (Phi) is 21.4. The van der Waals surface area contributed by atoms with Crippen molar-refractivity contribution in [1.29, 1.82) is 0 Å². The average molecular weight is 153 g/mol. The van der Waals surface area contributed by atoms with Gasteiger partial charge >= 0.3 is 7.82 Å². The molecule has 0 aliphatic heterocycles. The maximum Gasteiger partial charge on any atom is 0.466 e. The third kappa shape index (κ3) is 91600. The first-order valence-corrected chi connectivity index (χ1v) is 2.35. The Morgan fingerprint density at radius 2 is 1.12 bits per heavy atom. The van der Waals surface area contributed by atoms with Gasteiger partial charge < -0.3 is 26.3 Å². The minimum absolute atomic E-state index is 0. The fraction of sp³-hybridized carbons (Fsp3) is 0. The zero-order valence-corrected chi connectivity index (χ0v) is 4.71. The zero-order chi connectivity index (χ0) is 4.50. The molecular formula is H9FNO5P. The van der Waals surface area contributed by atoms with E-state index >= 15 is 0 Å². The van der Waals surface area contributed by atoms with E-state index in [2.05, 4.69) is 0 Å². The summed E-state index contributed by atoms with van der Waals surface area (Å²) in [5, 5.41) is 0. The number of hydrogen-bond donors (Lipinski definition) is 4. The highest BCUT2D eigenvalue weighted by Gasteiger charge is 2.00. The molecule has 0 spiro atoms. The van der Waals surface area contributed by atoms with Gasteiger partial charge in [0.2, 0.25) is 0 Å². The van der Waals surface area contributed by atoms with Crippen molar-refractivity contribution in [1.82, 2.24) is 6.15 Å². The van der Waals surface area contributed by atoms with Crippen LogP contribution >= 0.6 is 7.82 Å². The van der Waals surface area contributed by atoms with Gasteiger partial charge in [0, 0.05) is 0 Å². The minimum atomic E-state index is -4.64. The molecule has 8 heavy (non-hydrogen) atoms. The molecule has 0 aliphatic carbocycles. The molecular weight excluding hydrogens is 144 g/mol. The van der Waals surface area contributed by atoms with E-state index in [1.54, 1.807) is 0 Å². The van der Waals surface area contributed by atoms with Gasteiger partial charge in [-0.15, -0.1) is 0 Å². The van der Waals surface area contributed by atoms with Gasteiger partial charge in [-0.1, -0.05) is 0 Å². The summed E-state index contributed by atoms with van der Waals surface area (Å²) in [5.41, 5.74) is 0. The number of rotatable bonds is 0. The van der Waals surface area contributed by atoms with E-state index in [-0.39, 0.29) is 16.3 Å². The summed E-state index contributed by atoms with van der Waals surface area (Å²) in [6, 6.07) is 0. The smallest absolute Gasteiger partial charge is 0.412 e. The minimum Gasteiger partial charge on any atom is -0.412 e. The fourth-order valence-corrected chi connectivity index (χ4v) is 0. The number of phosphoric acid groups is 1. The van der Waals surface area contributed by atoms with Crippen molar-refractivity contribution < 1.29 is 29.4 Å². The van der Waals surface area contributed by atoms with Crippen LogP contribution in [0.2, 0.25) is 0 Å². The van der Waals surface area contributed by atoms with Crippen molar-refractivity contribution in [3.63, 3.8) is 0 Å². The van der Waals surface area contributed by atoms with Crippen LogP contribution in [0.25, 0.3) is 0 Å². The fourth-order valence-electron chi connectivity index (χ4n) is 0. The van der Waals surface area contributed by atoms with Gasteiger partial charge in [0.05, 0.1) is 0 Å². The molecule has 0 radical (unpaired) electrons.